The van der Waals surface area contributed by atoms with Crippen molar-refractivity contribution in [3.8, 4) is 0 Å². The zero-order valence-electron chi connectivity index (χ0n) is 19.8. The highest BCUT2D eigenvalue weighted by Gasteiger charge is 2.36. The third-order valence-corrected chi connectivity index (χ3v) is 8.17. The second kappa shape index (κ2) is 9.62. The number of fused-ring (bicyclic) bond motifs is 1. The highest BCUT2D eigenvalue weighted by molar-refractivity contribution is 7.91. The first-order valence-electron chi connectivity index (χ1n) is 11.6. The minimum absolute atomic E-state index is 0.0449. The topological polar surface area (TPSA) is 87.9 Å². The van der Waals surface area contributed by atoms with Crippen LogP contribution in [0.1, 0.15) is 41.9 Å². The van der Waals surface area contributed by atoms with Gasteiger partial charge in [-0.1, -0.05) is 23.8 Å². The fourth-order valence-corrected chi connectivity index (χ4v) is 6.23. The molecule has 2 aromatic carbocycles. The van der Waals surface area contributed by atoms with Gasteiger partial charge in [0, 0.05) is 37.4 Å². The van der Waals surface area contributed by atoms with Crippen LogP contribution in [0, 0.1) is 6.92 Å². The van der Waals surface area contributed by atoms with Gasteiger partial charge in [-0.3, -0.25) is 9.59 Å². The van der Waals surface area contributed by atoms with Gasteiger partial charge >= 0.3 is 0 Å². The SMILES string of the molecule is CCN(CC)c1ccc(CN(C(=O)c2cc(=O)c3cc(C)ccc3o2)C2CCS(=O)(=O)C2)cc1. The number of rotatable bonds is 7. The van der Waals surface area contributed by atoms with Crippen LogP contribution in [0.4, 0.5) is 5.69 Å². The zero-order valence-corrected chi connectivity index (χ0v) is 20.6. The van der Waals surface area contributed by atoms with Crippen LogP contribution < -0.4 is 10.3 Å². The molecule has 1 aliphatic heterocycles. The van der Waals surface area contributed by atoms with Gasteiger partial charge in [0.25, 0.3) is 5.91 Å². The highest BCUT2D eigenvalue weighted by Crippen LogP contribution is 2.24. The number of anilines is 1. The molecule has 1 unspecified atom stereocenters. The summed E-state index contributed by atoms with van der Waals surface area (Å²) < 4.78 is 30.2. The largest absolute Gasteiger partial charge is 0.451 e. The summed E-state index contributed by atoms with van der Waals surface area (Å²) in [6.45, 7) is 8.08. The number of hydrogen-bond donors (Lipinski definition) is 0. The Morgan fingerprint density at radius 2 is 1.76 bits per heavy atom. The van der Waals surface area contributed by atoms with E-state index in [0.717, 1.165) is 29.9 Å². The summed E-state index contributed by atoms with van der Waals surface area (Å²) in [7, 11) is -3.21. The Morgan fingerprint density at radius 3 is 2.38 bits per heavy atom. The Kier molecular flexibility index (Phi) is 6.79. The molecule has 0 bridgehead atoms. The normalized spacial score (nSPS) is 17.1. The van der Waals surface area contributed by atoms with Gasteiger partial charge < -0.3 is 14.2 Å². The summed E-state index contributed by atoms with van der Waals surface area (Å²) in [6.07, 6.45) is 0.364. The molecule has 2 heterocycles. The number of benzene rings is 2. The standard InChI is InChI=1S/C26H30N2O5S/c1-4-27(5-2)20-9-7-19(8-10-20)16-28(21-12-13-34(31,32)17-21)26(30)25-15-23(29)22-14-18(3)6-11-24(22)33-25/h6-11,14-15,21H,4-5,12-13,16-17H2,1-3H3. The Labute approximate surface area is 199 Å². The fraction of sp³-hybridized carbons (Fsp3) is 0.385. The first kappa shape index (κ1) is 24.0. The van der Waals surface area contributed by atoms with Gasteiger partial charge in [0.2, 0.25) is 0 Å². The molecule has 1 aliphatic rings. The number of hydrogen-bond acceptors (Lipinski definition) is 6. The summed E-state index contributed by atoms with van der Waals surface area (Å²) in [4.78, 5) is 30.0. The van der Waals surface area contributed by atoms with Crippen LogP contribution >= 0.6 is 0 Å². The van der Waals surface area contributed by atoms with E-state index in [9.17, 15) is 18.0 Å². The van der Waals surface area contributed by atoms with Crippen LogP contribution in [0.3, 0.4) is 0 Å². The highest BCUT2D eigenvalue weighted by atomic mass is 32.2. The van der Waals surface area contributed by atoms with Crippen molar-refractivity contribution in [2.45, 2.75) is 39.8 Å². The van der Waals surface area contributed by atoms with Crippen LogP contribution in [0.25, 0.3) is 11.0 Å². The molecule has 4 rings (SSSR count). The predicted octanol–water partition coefficient (Wildman–Crippen LogP) is 3.78. The molecule has 1 fully saturated rings. The minimum atomic E-state index is -3.21. The van der Waals surface area contributed by atoms with Crippen molar-refractivity contribution in [1.29, 1.82) is 0 Å². The van der Waals surface area contributed by atoms with Crippen molar-refractivity contribution in [3.63, 3.8) is 0 Å². The van der Waals surface area contributed by atoms with Crippen molar-refractivity contribution in [3.05, 3.63) is 75.6 Å². The number of amides is 1. The van der Waals surface area contributed by atoms with Crippen LogP contribution in [-0.4, -0.2) is 49.9 Å². The second-order valence-corrected chi connectivity index (χ2v) is 11.0. The lowest BCUT2D eigenvalue weighted by atomic mass is 10.1. The lowest BCUT2D eigenvalue weighted by Gasteiger charge is -2.28. The van der Waals surface area contributed by atoms with E-state index in [2.05, 4.69) is 18.7 Å². The molecular weight excluding hydrogens is 452 g/mol. The average Bonchev–Trinajstić information content (AvgIpc) is 3.18. The monoisotopic (exact) mass is 482 g/mol. The van der Waals surface area contributed by atoms with Crippen LogP contribution in [-0.2, 0) is 16.4 Å². The molecule has 180 valence electrons. The average molecular weight is 483 g/mol. The maximum absolute atomic E-state index is 13.6. The van der Waals surface area contributed by atoms with Crippen LogP contribution in [0.5, 0.6) is 0 Å². The number of nitrogens with zero attached hydrogens (tertiary/aromatic N) is 2. The van der Waals surface area contributed by atoms with E-state index in [4.69, 9.17) is 4.42 Å². The lowest BCUT2D eigenvalue weighted by molar-refractivity contribution is 0.0648. The third-order valence-electron chi connectivity index (χ3n) is 6.42. The summed E-state index contributed by atoms with van der Waals surface area (Å²) in [5, 5.41) is 0.415. The Bertz CT molecular complexity index is 1360. The molecular formula is C26H30N2O5S. The van der Waals surface area contributed by atoms with Gasteiger partial charge in [-0.25, -0.2) is 8.42 Å². The molecule has 7 nitrogen and oxygen atoms in total. The molecule has 0 saturated carbocycles. The van der Waals surface area contributed by atoms with Gasteiger partial charge in [0.15, 0.2) is 21.0 Å². The Balaban J connectivity index is 1.68. The van der Waals surface area contributed by atoms with Crippen molar-refractivity contribution >= 4 is 32.4 Å². The maximum Gasteiger partial charge on any atom is 0.290 e. The van der Waals surface area contributed by atoms with Crippen molar-refractivity contribution in [1.82, 2.24) is 4.90 Å². The zero-order chi connectivity index (χ0) is 24.5. The smallest absolute Gasteiger partial charge is 0.290 e. The predicted molar refractivity (Wildman–Crippen MR) is 134 cm³/mol. The van der Waals surface area contributed by atoms with E-state index >= 15 is 0 Å². The molecule has 0 radical (unpaired) electrons. The number of sulfone groups is 1. The van der Waals surface area contributed by atoms with E-state index < -0.39 is 21.8 Å². The summed E-state index contributed by atoms with van der Waals surface area (Å²) in [5.41, 5.74) is 2.93. The Morgan fingerprint density at radius 1 is 1.06 bits per heavy atom. The fourth-order valence-electron chi connectivity index (χ4n) is 4.50. The Hall–Kier alpha value is -3.13. The summed E-state index contributed by atoms with van der Waals surface area (Å²) >= 11 is 0. The molecule has 1 atom stereocenters. The second-order valence-electron chi connectivity index (χ2n) is 8.80. The molecule has 1 amide bonds. The molecule has 34 heavy (non-hydrogen) atoms. The van der Waals surface area contributed by atoms with Crippen molar-refractivity contribution < 1.29 is 17.6 Å². The van der Waals surface area contributed by atoms with Gasteiger partial charge in [0.05, 0.1) is 16.9 Å². The molecule has 0 aliphatic carbocycles. The van der Waals surface area contributed by atoms with Gasteiger partial charge in [-0.15, -0.1) is 0 Å². The molecule has 8 heteroatoms. The van der Waals surface area contributed by atoms with E-state index in [1.807, 2.05) is 37.3 Å². The molecule has 0 N–H and O–H groups in total. The number of carbonyl (C=O) groups excluding carboxylic acids is 1. The summed E-state index contributed by atoms with van der Waals surface area (Å²) in [6, 6.07) is 13.9. The first-order valence-corrected chi connectivity index (χ1v) is 13.4. The van der Waals surface area contributed by atoms with Crippen molar-refractivity contribution in [2.75, 3.05) is 29.5 Å². The molecule has 3 aromatic rings. The van der Waals surface area contributed by atoms with Gasteiger partial charge in [-0.05, 0) is 57.0 Å². The van der Waals surface area contributed by atoms with E-state index in [1.54, 1.807) is 12.1 Å². The first-order chi connectivity index (χ1) is 16.2. The molecule has 0 spiro atoms. The van der Waals surface area contributed by atoms with Crippen molar-refractivity contribution in [2.24, 2.45) is 0 Å². The molecule has 1 aromatic heterocycles. The third kappa shape index (κ3) is 5.01. The maximum atomic E-state index is 13.6. The minimum Gasteiger partial charge on any atom is -0.451 e. The quantitative estimate of drug-likeness (QED) is 0.509. The number of carbonyl (C=O) groups is 1. The van der Waals surface area contributed by atoms with Gasteiger partial charge in [0.1, 0.15) is 5.58 Å². The van der Waals surface area contributed by atoms with Crippen LogP contribution in [0.15, 0.2) is 57.7 Å². The summed E-state index contributed by atoms with van der Waals surface area (Å²) in [5.74, 6) is -0.601. The van der Waals surface area contributed by atoms with E-state index in [1.165, 1.54) is 11.0 Å². The lowest BCUT2D eigenvalue weighted by Crippen LogP contribution is -2.41. The number of aryl methyl sites for hydroxylation is 1. The van der Waals surface area contributed by atoms with E-state index in [-0.39, 0.29) is 29.2 Å². The molecule has 1 saturated heterocycles. The van der Waals surface area contributed by atoms with Gasteiger partial charge in [-0.2, -0.15) is 0 Å². The van der Waals surface area contributed by atoms with E-state index in [0.29, 0.717) is 17.4 Å². The van der Waals surface area contributed by atoms with Crippen LogP contribution in [0.2, 0.25) is 0 Å².